The van der Waals surface area contributed by atoms with E-state index in [1.54, 1.807) is 18.3 Å². The van der Waals surface area contributed by atoms with Crippen LogP contribution in [0.5, 0.6) is 0 Å². The summed E-state index contributed by atoms with van der Waals surface area (Å²) in [5.74, 6) is 0.171. The summed E-state index contributed by atoms with van der Waals surface area (Å²) in [7, 11) is 0. The molecule has 2 aliphatic rings. The number of nitrogens with one attached hydrogen (secondary N) is 2. The Morgan fingerprint density at radius 3 is 2.81 bits per heavy atom. The van der Waals surface area contributed by atoms with Gasteiger partial charge in [0, 0.05) is 23.3 Å². The number of nitrogens with zero attached hydrogens (tertiary/aromatic N) is 3. The second-order valence-electron chi connectivity index (χ2n) is 8.44. The number of aromatic nitrogens is 2. The minimum atomic E-state index is -0.481. The summed E-state index contributed by atoms with van der Waals surface area (Å²) >= 11 is 0. The van der Waals surface area contributed by atoms with Crippen LogP contribution in [0.15, 0.2) is 48.7 Å². The van der Waals surface area contributed by atoms with Gasteiger partial charge in [0.25, 0.3) is 0 Å². The van der Waals surface area contributed by atoms with Gasteiger partial charge in [-0.05, 0) is 85.2 Å². The molecule has 2 N–H and O–H groups in total. The molecule has 0 radical (unpaired) electrons. The number of halogens is 1. The molecule has 0 bridgehead atoms. The summed E-state index contributed by atoms with van der Waals surface area (Å²) in [6.07, 6.45) is 5.94. The van der Waals surface area contributed by atoms with Crippen molar-refractivity contribution < 1.29 is 9.18 Å². The van der Waals surface area contributed by atoms with Crippen molar-refractivity contribution in [2.75, 3.05) is 10.6 Å². The molecule has 160 valence electrons. The van der Waals surface area contributed by atoms with E-state index in [1.165, 1.54) is 6.07 Å². The fraction of sp³-hybridized carbons (Fsp3) is 0.280. The lowest BCUT2D eigenvalue weighted by atomic mass is 9.64. The molecule has 1 saturated carbocycles. The summed E-state index contributed by atoms with van der Waals surface area (Å²) in [6.45, 7) is 0. The standard InChI is InChI=1S/C25H22FN5O/c26-18-3-6-21(25(15-27)9-1-10-25)16(12-18)2-4-19-8-11-28-24(29-19)30-20-5-7-22-17(13-20)14-23(32)31-22/h3,5-8,11-13H,1-2,4,9-10,14H2,(H,31,32)(H,28,29,30). The maximum atomic E-state index is 14.0. The molecule has 7 heteroatoms. The first kappa shape index (κ1) is 20.1. The highest BCUT2D eigenvalue weighted by Crippen LogP contribution is 2.44. The van der Waals surface area contributed by atoms with Gasteiger partial charge >= 0.3 is 0 Å². The Kier molecular flexibility index (Phi) is 5.06. The minimum Gasteiger partial charge on any atom is -0.326 e. The van der Waals surface area contributed by atoms with Gasteiger partial charge in [0.05, 0.1) is 17.9 Å². The summed E-state index contributed by atoms with van der Waals surface area (Å²) in [6, 6.07) is 14.7. The number of rotatable bonds is 6. The molecular formula is C25H22FN5O. The number of hydrogen-bond acceptors (Lipinski definition) is 5. The predicted octanol–water partition coefficient (Wildman–Crippen LogP) is 4.58. The SMILES string of the molecule is N#CC1(c2ccc(F)cc2CCc2ccnc(Nc3ccc4c(c3)CC(=O)N4)n2)CCC1. The molecule has 32 heavy (non-hydrogen) atoms. The number of carbonyl (C=O) groups is 1. The van der Waals surface area contributed by atoms with E-state index in [4.69, 9.17) is 0 Å². The van der Waals surface area contributed by atoms with Crippen molar-refractivity contribution in [3.63, 3.8) is 0 Å². The Morgan fingerprint density at radius 1 is 1.16 bits per heavy atom. The van der Waals surface area contributed by atoms with Crippen molar-refractivity contribution in [2.45, 2.75) is 43.9 Å². The van der Waals surface area contributed by atoms with Crippen LogP contribution in [0, 0.1) is 17.1 Å². The molecule has 0 saturated heterocycles. The lowest BCUT2D eigenvalue weighted by molar-refractivity contribution is -0.115. The molecule has 2 heterocycles. The molecule has 5 rings (SSSR count). The zero-order valence-electron chi connectivity index (χ0n) is 17.5. The maximum Gasteiger partial charge on any atom is 0.228 e. The molecule has 1 aromatic heterocycles. The average molecular weight is 427 g/mol. The molecule has 6 nitrogen and oxygen atoms in total. The molecule has 1 fully saturated rings. The van der Waals surface area contributed by atoms with Crippen molar-refractivity contribution >= 4 is 23.2 Å². The van der Waals surface area contributed by atoms with E-state index in [-0.39, 0.29) is 11.7 Å². The molecule has 0 unspecified atom stereocenters. The topological polar surface area (TPSA) is 90.7 Å². The fourth-order valence-electron chi connectivity index (χ4n) is 4.50. The van der Waals surface area contributed by atoms with Crippen LogP contribution in [0.1, 0.15) is 41.6 Å². The smallest absolute Gasteiger partial charge is 0.228 e. The van der Waals surface area contributed by atoms with Gasteiger partial charge in [-0.1, -0.05) is 6.07 Å². The number of carbonyl (C=O) groups excluding carboxylic acids is 1. The van der Waals surface area contributed by atoms with Crippen molar-refractivity contribution in [1.82, 2.24) is 9.97 Å². The molecule has 1 aliphatic heterocycles. The molecule has 1 aliphatic carbocycles. The summed E-state index contributed by atoms with van der Waals surface area (Å²) < 4.78 is 14.0. The molecule has 1 amide bonds. The minimum absolute atomic E-state index is 0.00723. The zero-order valence-corrected chi connectivity index (χ0v) is 17.5. The van der Waals surface area contributed by atoms with E-state index in [1.807, 2.05) is 24.3 Å². The van der Waals surface area contributed by atoms with Gasteiger partial charge in [-0.25, -0.2) is 14.4 Å². The first-order valence-corrected chi connectivity index (χ1v) is 10.8. The highest BCUT2D eigenvalue weighted by atomic mass is 19.1. The highest BCUT2D eigenvalue weighted by Gasteiger charge is 2.40. The van der Waals surface area contributed by atoms with E-state index in [0.717, 1.165) is 53.0 Å². The monoisotopic (exact) mass is 427 g/mol. The average Bonchev–Trinajstić information content (AvgIpc) is 3.12. The van der Waals surface area contributed by atoms with Crippen molar-refractivity contribution in [2.24, 2.45) is 0 Å². The van der Waals surface area contributed by atoms with Crippen LogP contribution in [-0.2, 0) is 29.5 Å². The molecule has 0 atom stereocenters. The van der Waals surface area contributed by atoms with Gasteiger partial charge in [-0.3, -0.25) is 4.79 Å². The number of aryl methyl sites for hydroxylation is 2. The van der Waals surface area contributed by atoms with Crippen LogP contribution in [0.25, 0.3) is 0 Å². The highest BCUT2D eigenvalue weighted by molar-refractivity contribution is 5.99. The third kappa shape index (κ3) is 3.80. The first-order chi connectivity index (χ1) is 15.5. The Hall–Kier alpha value is -3.79. The normalized spacial score (nSPS) is 15.9. The van der Waals surface area contributed by atoms with E-state index in [9.17, 15) is 14.4 Å². The molecular weight excluding hydrogens is 405 g/mol. The first-order valence-electron chi connectivity index (χ1n) is 10.8. The Morgan fingerprint density at radius 2 is 2.03 bits per heavy atom. The Labute approximate surface area is 185 Å². The van der Waals surface area contributed by atoms with Gasteiger partial charge in [0.2, 0.25) is 11.9 Å². The maximum absolute atomic E-state index is 14.0. The van der Waals surface area contributed by atoms with Crippen molar-refractivity contribution in [3.8, 4) is 6.07 Å². The molecule has 3 aromatic rings. The Balaban J connectivity index is 1.32. The van der Waals surface area contributed by atoms with Crippen LogP contribution >= 0.6 is 0 Å². The number of hydrogen-bond donors (Lipinski definition) is 2. The second kappa shape index (κ2) is 8.04. The number of amides is 1. The van der Waals surface area contributed by atoms with Crippen LogP contribution in [0.2, 0.25) is 0 Å². The predicted molar refractivity (Wildman–Crippen MR) is 119 cm³/mol. The third-order valence-electron chi connectivity index (χ3n) is 6.35. The Bertz CT molecular complexity index is 1250. The van der Waals surface area contributed by atoms with Crippen LogP contribution in [0.4, 0.5) is 21.7 Å². The number of nitriles is 1. The van der Waals surface area contributed by atoms with Crippen LogP contribution in [-0.4, -0.2) is 15.9 Å². The van der Waals surface area contributed by atoms with E-state index in [2.05, 4.69) is 26.7 Å². The zero-order chi connectivity index (χ0) is 22.1. The van der Waals surface area contributed by atoms with E-state index >= 15 is 0 Å². The lowest BCUT2D eigenvalue weighted by Crippen LogP contribution is -2.33. The number of benzene rings is 2. The van der Waals surface area contributed by atoms with Gasteiger partial charge in [-0.2, -0.15) is 5.26 Å². The van der Waals surface area contributed by atoms with Crippen molar-refractivity contribution in [1.29, 1.82) is 5.26 Å². The van der Waals surface area contributed by atoms with Gasteiger partial charge in [0.15, 0.2) is 0 Å². The van der Waals surface area contributed by atoms with Gasteiger partial charge in [0.1, 0.15) is 5.82 Å². The van der Waals surface area contributed by atoms with Crippen LogP contribution in [0.3, 0.4) is 0 Å². The number of anilines is 3. The quantitative estimate of drug-likeness (QED) is 0.601. The van der Waals surface area contributed by atoms with Crippen LogP contribution < -0.4 is 10.6 Å². The molecule has 2 aromatic carbocycles. The van der Waals surface area contributed by atoms with Gasteiger partial charge < -0.3 is 10.6 Å². The summed E-state index contributed by atoms with van der Waals surface area (Å²) in [5.41, 5.74) is 4.75. The van der Waals surface area contributed by atoms with Crippen molar-refractivity contribution in [3.05, 3.63) is 76.9 Å². The van der Waals surface area contributed by atoms with E-state index < -0.39 is 5.41 Å². The fourth-order valence-corrected chi connectivity index (χ4v) is 4.50. The number of fused-ring (bicyclic) bond motifs is 1. The lowest BCUT2D eigenvalue weighted by Gasteiger charge is -2.37. The molecule has 0 spiro atoms. The van der Waals surface area contributed by atoms with Gasteiger partial charge in [-0.15, -0.1) is 0 Å². The largest absolute Gasteiger partial charge is 0.326 e. The third-order valence-corrected chi connectivity index (χ3v) is 6.35. The summed E-state index contributed by atoms with van der Waals surface area (Å²) in [4.78, 5) is 20.4. The van der Waals surface area contributed by atoms with E-state index in [0.29, 0.717) is 25.2 Å². The summed E-state index contributed by atoms with van der Waals surface area (Å²) in [5, 5.41) is 15.7. The second-order valence-corrected chi connectivity index (χ2v) is 8.44.